The minimum absolute atomic E-state index is 0.722. The van der Waals surface area contributed by atoms with Crippen LogP contribution >= 0.6 is 0 Å². The van der Waals surface area contributed by atoms with Gasteiger partial charge in [-0.2, -0.15) is 0 Å². The van der Waals surface area contributed by atoms with Gasteiger partial charge < -0.3 is 25.8 Å². The summed E-state index contributed by atoms with van der Waals surface area (Å²) in [5.41, 5.74) is 13.2. The SMILES string of the molecule is C=Cc1ccc(CNc2ccc(OC)c(OC)c2)cc1.CCC.CNc1cc(/C=C/c2ccccc2)ccc1N. The van der Waals surface area contributed by atoms with Gasteiger partial charge in [0.15, 0.2) is 11.5 Å². The van der Waals surface area contributed by atoms with Crippen LogP contribution in [0.15, 0.2) is 97.6 Å². The highest BCUT2D eigenvalue weighted by atomic mass is 16.5. The molecule has 5 heteroatoms. The van der Waals surface area contributed by atoms with Gasteiger partial charge in [0.25, 0.3) is 0 Å². The zero-order valence-electron chi connectivity index (χ0n) is 24.4. The van der Waals surface area contributed by atoms with Crippen LogP contribution < -0.4 is 25.8 Å². The van der Waals surface area contributed by atoms with Crippen molar-refractivity contribution in [1.29, 1.82) is 0 Å². The van der Waals surface area contributed by atoms with Crippen molar-refractivity contribution in [2.24, 2.45) is 0 Å². The molecule has 0 aliphatic heterocycles. The Morgan fingerprint density at radius 2 is 1.38 bits per heavy atom. The molecule has 4 aromatic carbocycles. The van der Waals surface area contributed by atoms with Crippen molar-refractivity contribution in [2.45, 2.75) is 26.8 Å². The second kappa shape index (κ2) is 17.8. The summed E-state index contributed by atoms with van der Waals surface area (Å²) >= 11 is 0. The summed E-state index contributed by atoms with van der Waals surface area (Å²) in [4.78, 5) is 0. The van der Waals surface area contributed by atoms with Crippen LogP contribution in [0.5, 0.6) is 11.5 Å². The number of hydrogen-bond donors (Lipinski definition) is 3. The average Bonchev–Trinajstić information content (AvgIpc) is 3.01. The molecule has 0 aliphatic rings. The highest BCUT2D eigenvalue weighted by Gasteiger charge is 2.04. The van der Waals surface area contributed by atoms with Gasteiger partial charge in [-0.1, -0.05) is 106 Å². The van der Waals surface area contributed by atoms with Crippen LogP contribution in [0.25, 0.3) is 18.2 Å². The molecule has 0 saturated carbocycles. The zero-order valence-corrected chi connectivity index (χ0v) is 24.4. The Labute approximate surface area is 240 Å². The van der Waals surface area contributed by atoms with Crippen LogP contribution in [-0.2, 0) is 6.54 Å². The minimum Gasteiger partial charge on any atom is -0.493 e. The summed E-state index contributed by atoms with van der Waals surface area (Å²) in [6, 6.07) is 30.3. The predicted octanol–water partition coefficient (Wildman–Crippen LogP) is 8.86. The third-order valence-electron chi connectivity index (χ3n) is 5.71. The molecule has 5 nitrogen and oxygen atoms in total. The van der Waals surface area contributed by atoms with Gasteiger partial charge in [0.05, 0.1) is 25.6 Å². The van der Waals surface area contributed by atoms with E-state index in [9.17, 15) is 0 Å². The van der Waals surface area contributed by atoms with E-state index in [0.717, 1.165) is 46.2 Å². The van der Waals surface area contributed by atoms with Crippen molar-refractivity contribution in [2.75, 3.05) is 37.6 Å². The number of nitrogens with two attached hydrogens (primary N) is 1. The van der Waals surface area contributed by atoms with Crippen molar-refractivity contribution in [3.63, 3.8) is 0 Å². The van der Waals surface area contributed by atoms with Crippen molar-refractivity contribution in [3.05, 3.63) is 120 Å². The van der Waals surface area contributed by atoms with Crippen LogP contribution in [0.2, 0.25) is 0 Å². The molecule has 0 aromatic heterocycles. The molecule has 0 fully saturated rings. The van der Waals surface area contributed by atoms with Crippen molar-refractivity contribution in [3.8, 4) is 11.5 Å². The number of anilines is 3. The molecule has 210 valence electrons. The third kappa shape index (κ3) is 10.6. The van der Waals surface area contributed by atoms with Gasteiger partial charge in [-0.05, 0) is 46.5 Å². The Balaban J connectivity index is 0.000000258. The summed E-state index contributed by atoms with van der Waals surface area (Å²) in [7, 11) is 5.14. The third-order valence-corrected chi connectivity index (χ3v) is 5.71. The molecule has 0 aliphatic carbocycles. The van der Waals surface area contributed by atoms with E-state index >= 15 is 0 Å². The molecule has 0 atom stereocenters. The van der Waals surface area contributed by atoms with Crippen molar-refractivity contribution < 1.29 is 9.47 Å². The van der Waals surface area contributed by atoms with Gasteiger partial charge in [0.2, 0.25) is 0 Å². The molecule has 40 heavy (non-hydrogen) atoms. The smallest absolute Gasteiger partial charge is 0.162 e. The van der Waals surface area contributed by atoms with E-state index in [2.05, 4.69) is 79.6 Å². The fraction of sp³-hybridized carbons (Fsp3) is 0.200. The second-order valence-corrected chi connectivity index (χ2v) is 8.92. The molecule has 4 rings (SSSR count). The molecular formula is C35H43N3O2. The van der Waals surface area contributed by atoms with Gasteiger partial charge in [-0.3, -0.25) is 0 Å². The largest absolute Gasteiger partial charge is 0.493 e. The molecule has 0 unspecified atom stereocenters. The minimum atomic E-state index is 0.722. The molecule has 0 heterocycles. The van der Waals surface area contributed by atoms with Crippen LogP contribution in [-0.4, -0.2) is 21.3 Å². The Hall–Kier alpha value is -4.64. The number of rotatable bonds is 9. The number of benzene rings is 4. The fourth-order valence-electron chi connectivity index (χ4n) is 3.57. The van der Waals surface area contributed by atoms with Crippen LogP contribution in [0.1, 0.15) is 42.5 Å². The van der Waals surface area contributed by atoms with Gasteiger partial charge in [-0.25, -0.2) is 0 Å². The summed E-state index contributed by atoms with van der Waals surface area (Å²) in [5.74, 6) is 1.45. The van der Waals surface area contributed by atoms with Crippen LogP contribution in [0.4, 0.5) is 17.1 Å². The number of methoxy groups -OCH3 is 2. The fourth-order valence-corrected chi connectivity index (χ4v) is 3.57. The zero-order chi connectivity index (χ0) is 29.2. The highest BCUT2D eigenvalue weighted by molar-refractivity contribution is 5.75. The lowest BCUT2D eigenvalue weighted by Crippen LogP contribution is -2.00. The van der Waals surface area contributed by atoms with Gasteiger partial charge in [0.1, 0.15) is 0 Å². The number of nitrogen functional groups attached to an aromatic ring is 1. The van der Waals surface area contributed by atoms with E-state index in [1.54, 1.807) is 14.2 Å². The van der Waals surface area contributed by atoms with Crippen molar-refractivity contribution in [1.82, 2.24) is 0 Å². The first-order valence-electron chi connectivity index (χ1n) is 13.5. The van der Waals surface area contributed by atoms with Crippen LogP contribution in [0.3, 0.4) is 0 Å². The first-order chi connectivity index (χ1) is 19.5. The first kappa shape index (κ1) is 31.6. The molecule has 4 N–H and O–H groups in total. The second-order valence-electron chi connectivity index (χ2n) is 8.92. The Bertz CT molecular complexity index is 1320. The molecule has 0 bridgehead atoms. The first-order valence-corrected chi connectivity index (χ1v) is 13.5. The monoisotopic (exact) mass is 537 g/mol. The maximum Gasteiger partial charge on any atom is 0.162 e. The molecule has 4 aromatic rings. The van der Waals surface area contributed by atoms with Gasteiger partial charge in [-0.15, -0.1) is 0 Å². The molecule has 0 amide bonds. The maximum atomic E-state index is 5.82. The van der Waals surface area contributed by atoms with E-state index in [-0.39, 0.29) is 0 Å². The summed E-state index contributed by atoms with van der Waals surface area (Å²) in [6.07, 6.45) is 7.26. The summed E-state index contributed by atoms with van der Waals surface area (Å²) in [5, 5.41) is 6.44. The average molecular weight is 538 g/mol. The Morgan fingerprint density at radius 3 is 1.98 bits per heavy atom. The van der Waals surface area contributed by atoms with E-state index < -0.39 is 0 Å². The highest BCUT2D eigenvalue weighted by Crippen LogP contribution is 2.30. The molecule has 0 saturated heterocycles. The lowest BCUT2D eigenvalue weighted by atomic mass is 10.1. The molecule has 0 radical (unpaired) electrons. The van der Waals surface area contributed by atoms with Crippen molar-refractivity contribution >= 4 is 35.3 Å². The topological polar surface area (TPSA) is 68.5 Å². The van der Waals surface area contributed by atoms with E-state index in [1.807, 2.05) is 67.7 Å². The summed E-state index contributed by atoms with van der Waals surface area (Å²) in [6.45, 7) is 8.76. The van der Waals surface area contributed by atoms with E-state index in [1.165, 1.54) is 17.5 Å². The van der Waals surface area contributed by atoms with Gasteiger partial charge >= 0.3 is 0 Å². The quantitative estimate of drug-likeness (QED) is 0.147. The van der Waals surface area contributed by atoms with E-state index in [4.69, 9.17) is 15.2 Å². The molecule has 0 spiro atoms. The lowest BCUT2D eigenvalue weighted by molar-refractivity contribution is 0.355. The number of ether oxygens (including phenoxy) is 2. The predicted molar refractivity (Wildman–Crippen MR) is 175 cm³/mol. The summed E-state index contributed by atoms with van der Waals surface area (Å²) < 4.78 is 10.5. The Morgan fingerprint density at radius 1 is 0.750 bits per heavy atom. The maximum absolute atomic E-state index is 5.82. The van der Waals surface area contributed by atoms with Gasteiger partial charge in [0, 0.05) is 25.3 Å². The Kier molecular flexibility index (Phi) is 14.0. The number of nitrogens with one attached hydrogen (secondary N) is 2. The normalized spacial score (nSPS) is 9.93. The van der Waals surface area contributed by atoms with Crippen LogP contribution in [0, 0.1) is 0 Å². The van der Waals surface area contributed by atoms with E-state index in [0.29, 0.717) is 0 Å². The number of hydrogen-bond acceptors (Lipinski definition) is 5. The standard InChI is InChI=1S/C17H19NO2.C15H16N2.C3H8/c1-4-13-5-7-14(8-6-13)12-18-15-9-10-16(19-2)17(11-15)20-3;1-17-15-11-13(9-10-14(15)16)8-7-12-5-3-2-4-6-12;1-3-2/h4-11,18H,1,12H2,2-3H3;2-11,17H,16H2,1H3;3H2,1-2H3/b;8-7+;. The lowest BCUT2D eigenvalue weighted by Gasteiger charge is -2.11. The molecular weight excluding hydrogens is 494 g/mol.